The first-order chi connectivity index (χ1) is 7.25. The number of fused-ring (bicyclic) bond motifs is 3. The van der Waals surface area contributed by atoms with E-state index in [0.29, 0.717) is 5.76 Å². The summed E-state index contributed by atoms with van der Waals surface area (Å²) < 4.78 is 19.0. The highest BCUT2D eigenvalue weighted by atomic mass is 19.1. The summed E-state index contributed by atoms with van der Waals surface area (Å²) in [5.74, 6) is 0.576. The molecule has 2 heteroatoms. The molecule has 0 radical (unpaired) electrons. The Bertz CT molecular complexity index is 551. The summed E-state index contributed by atoms with van der Waals surface area (Å²) >= 11 is 0. The Hall–Kier alpha value is -1.57. The molecule has 1 aromatic heterocycles. The van der Waals surface area contributed by atoms with E-state index in [2.05, 4.69) is 0 Å². The zero-order valence-corrected chi connectivity index (χ0v) is 8.46. The third-order valence-corrected chi connectivity index (χ3v) is 2.98. The SMILES string of the molecule is CC1Cc2c(oc3ccccc23)C=C1F. The molecular formula is C13H11FO. The van der Waals surface area contributed by atoms with Gasteiger partial charge < -0.3 is 4.42 Å². The van der Waals surface area contributed by atoms with E-state index < -0.39 is 0 Å². The number of halogens is 1. The molecular weight excluding hydrogens is 191 g/mol. The van der Waals surface area contributed by atoms with Crippen LogP contribution < -0.4 is 0 Å². The Labute approximate surface area is 87.2 Å². The summed E-state index contributed by atoms with van der Waals surface area (Å²) in [6, 6.07) is 7.86. The van der Waals surface area contributed by atoms with Crippen molar-refractivity contribution in [3.8, 4) is 0 Å². The Morgan fingerprint density at radius 2 is 2.13 bits per heavy atom. The van der Waals surface area contributed by atoms with E-state index in [1.807, 2.05) is 31.2 Å². The monoisotopic (exact) mass is 202 g/mol. The fourth-order valence-electron chi connectivity index (χ4n) is 2.12. The third-order valence-electron chi connectivity index (χ3n) is 2.98. The Balaban J connectivity index is 2.31. The second kappa shape index (κ2) is 2.96. The zero-order chi connectivity index (χ0) is 10.4. The van der Waals surface area contributed by atoms with Crippen molar-refractivity contribution in [2.45, 2.75) is 13.3 Å². The molecule has 3 rings (SSSR count). The highest BCUT2D eigenvalue weighted by molar-refractivity contribution is 5.85. The van der Waals surface area contributed by atoms with Crippen LogP contribution in [0.1, 0.15) is 18.2 Å². The maximum Gasteiger partial charge on any atom is 0.135 e. The van der Waals surface area contributed by atoms with Crippen molar-refractivity contribution in [2.75, 3.05) is 0 Å². The van der Waals surface area contributed by atoms with Gasteiger partial charge in [-0.1, -0.05) is 25.1 Å². The molecule has 1 atom stereocenters. The van der Waals surface area contributed by atoms with Gasteiger partial charge in [-0.2, -0.15) is 0 Å². The molecule has 15 heavy (non-hydrogen) atoms. The summed E-state index contributed by atoms with van der Waals surface area (Å²) in [5, 5.41) is 1.11. The van der Waals surface area contributed by atoms with Crippen LogP contribution >= 0.6 is 0 Å². The lowest BCUT2D eigenvalue weighted by atomic mass is 9.92. The van der Waals surface area contributed by atoms with Crippen LogP contribution in [0.15, 0.2) is 34.5 Å². The van der Waals surface area contributed by atoms with Gasteiger partial charge in [0.25, 0.3) is 0 Å². The molecule has 0 saturated heterocycles. The molecule has 0 N–H and O–H groups in total. The molecule has 0 saturated carbocycles. The van der Waals surface area contributed by atoms with Crippen molar-refractivity contribution < 1.29 is 8.81 Å². The van der Waals surface area contributed by atoms with Crippen molar-refractivity contribution in [3.63, 3.8) is 0 Å². The van der Waals surface area contributed by atoms with E-state index in [1.165, 1.54) is 6.08 Å². The lowest BCUT2D eigenvalue weighted by Crippen LogP contribution is -2.05. The minimum atomic E-state index is -0.0819. The number of hydrogen-bond donors (Lipinski definition) is 0. The second-order valence-electron chi connectivity index (χ2n) is 4.08. The number of hydrogen-bond acceptors (Lipinski definition) is 1. The van der Waals surface area contributed by atoms with E-state index in [0.717, 1.165) is 23.0 Å². The van der Waals surface area contributed by atoms with Crippen LogP contribution in [-0.4, -0.2) is 0 Å². The van der Waals surface area contributed by atoms with Crippen LogP contribution in [0, 0.1) is 5.92 Å². The van der Waals surface area contributed by atoms with Gasteiger partial charge in [-0.05, 0) is 12.5 Å². The maximum atomic E-state index is 13.4. The smallest absolute Gasteiger partial charge is 0.135 e. The molecule has 1 aromatic carbocycles. The first kappa shape index (κ1) is 8.72. The quantitative estimate of drug-likeness (QED) is 0.630. The minimum absolute atomic E-state index is 0.0292. The van der Waals surface area contributed by atoms with Crippen LogP contribution in [0.5, 0.6) is 0 Å². The van der Waals surface area contributed by atoms with E-state index >= 15 is 0 Å². The van der Waals surface area contributed by atoms with Crippen LogP contribution in [0.4, 0.5) is 4.39 Å². The van der Waals surface area contributed by atoms with Gasteiger partial charge >= 0.3 is 0 Å². The number of para-hydroxylation sites is 1. The van der Waals surface area contributed by atoms with Crippen LogP contribution in [0.2, 0.25) is 0 Å². The summed E-state index contributed by atoms with van der Waals surface area (Å²) in [6.45, 7) is 1.90. The summed E-state index contributed by atoms with van der Waals surface area (Å²) in [5.41, 5.74) is 1.99. The van der Waals surface area contributed by atoms with E-state index in [4.69, 9.17) is 4.42 Å². The van der Waals surface area contributed by atoms with Crippen molar-refractivity contribution in [2.24, 2.45) is 5.92 Å². The summed E-state index contributed by atoms with van der Waals surface area (Å²) in [6.07, 6.45) is 2.25. The number of furan rings is 1. The first-order valence-corrected chi connectivity index (χ1v) is 5.13. The lowest BCUT2D eigenvalue weighted by Gasteiger charge is -2.13. The molecule has 0 bridgehead atoms. The maximum absolute atomic E-state index is 13.4. The zero-order valence-electron chi connectivity index (χ0n) is 8.46. The summed E-state index contributed by atoms with van der Waals surface area (Å²) in [4.78, 5) is 0. The van der Waals surface area contributed by atoms with Crippen molar-refractivity contribution in [1.82, 2.24) is 0 Å². The van der Waals surface area contributed by atoms with Crippen molar-refractivity contribution >= 4 is 17.0 Å². The van der Waals surface area contributed by atoms with E-state index in [1.54, 1.807) is 0 Å². The Morgan fingerprint density at radius 1 is 1.33 bits per heavy atom. The van der Waals surface area contributed by atoms with Crippen LogP contribution in [-0.2, 0) is 6.42 Å². The van der Waals surface area contributed by atoms with Gasteiger partial charge in [0, 0.05) is 22.9 Å². The number of benzene rings is 1. The van der Waals surface area contributed by atoms with E-state index in [9.17, 15) is 4.39 Å². The molecule has 1 unspecified atom stereocenters. The lowest BCUT2D eigenvalue weighted by molar-refractivity contribution is 0.479. The van der Waals surface area contributed by atoms with Gasteiger partial charge in [-0.15, -0.1) is 0 Å². The van der Waals surface area contributed by atoms with Gasteiger partial charge in [-0.25, -0.2) is 4.39 Å². The molecule has 0 fully saturated rings. The van der Waals surface area contributed by atoms with Crippen molar-refractivity contribution in [1.29, 1.82) is 0 Å². The van der Waals surface area contributed by atoms with Crippen LogP contribution in [0.3, 0.4) is 0 Å². The highest BCUT2D eigenvalue weighted by Crippen LogP contribution is 2.35. The summed E-state index contributed by atoms with van der Waals surface area (Å²) in [7, 11) is 0. The topological polar surface area (TPSA) is 13.1 Å². The Morgan fingerprint density at radius 3 is 3.00 bits per heavy atom. The molecule has 1 nitrogen and oxygen atoms in total. The first-order valence-electron chi connectivity index (χ1n) is 5.13. The predicted molar refractivity (Wildman–Crippen MR) is 58.2 cm³/mol. The average molecular weight is 202 g/mol. The number of allylic oxidation sites excluding steroid dienone is 1. The van der Waals surface area contributed by atoms with Crippen LogP contribution in [0.25, 0.3) is 17.0 Å². The Kier molecular flexibility index (Phi) is 1.72. The fraction of sp³-hybridized carbons (Fsp3) is 0.231. The molecule has 1 aliphatic rings. The average Bonchev–Trinajstić information content (AvgIpc) is 2.57. The second-order valence-corrected chi connectivity index (χ2v) is 4.08. The molecule has 0 aliphatic heterocycles. The van der Waals surface area contributed by atoms with Gasteiger partial charge in [0.1, 0.15) is 17.2 Å². The normalized spacial score (nSPS) is 20.1. The molecule has 0 amide bonds. The molecule has 0 spiro atoms. The van der Waals surface area contributed by atoms with Crippen molar-refractivity contribution in [3.05, 3.63) is 41.4 Å². The molecule has 76 valence electrons. The standard InChI is InChI=1S/C13H11FO/c1-8-6-10-9-4-2-3-5-12(9)15-13(10)7-11(8)14/h2-5,7-8H,6H2,1H3. The predicted octanol–water partition coefficient (Wildman–Crippen LogP) is 3.94. The molecule has 1 aliphatic carbocycles. The van der Waals surface area contributed by atoms with Gasteiger partial charge in [0.05, 0.1) is 0 Å². The number of rotatable bonds is 0. The molecule has 2 aromatic rings. The van der Waals surface area contributed by atoms with Gasteiger partial charge in [-0.3, -0.25) is 0 Å². The van der Waals surface area contributed by atoms with Gasteiger partial charge in [0.15, 0.2) is 0 Å². The minimum Gasteiger partial charge on any atom is -0.456 e. The third kappa shape index (κ3) is 1.21. The van der Waals surface area contributed by atoms with Gasteiger partial charge in [0.2, 0.25) is 0 Å². The highest BCUT2D eigenvalue weighted by Gasteiger charge is 2.22. The van der Waals surface area contributed by atoms with E-state index in [-0.39, 0.29) is 11.7 Å². The largest absolute Gasteiger partial charge is 0.456 e. The fourth-order valence-corrected chi connectivity index (χ4v) is 2.12. The molecule has 1 heterocycles.